The van der Waals surface area contributed by atoms with Gasteiger partial charge < -0.3 is 8.23 Å². The third-order valence-electron chi connectivity index (χ3n) is 2.28. The molecule has 0 aliphatic rings. The van der Waals surface area contributed by atoms with Crippen LogP contribution in [0.5, 0.6) is 0 Å². The van der Waals surface area contributed by atoms with Crippen LogP contribution in [0.25, 0.3) is 0 Å². The predicted molar refractivity (Wildman–Crippen MR) is 78.8 cm³/mol. The van der Waals surface area contributed by atoms with Crippen LogP contribution >= 0.6 is 0 Å². The van der Waals surface area contributed by atoms with Crippen molar-refractivity contribution in [3.05, 3.63) is 0 Å². The molecule has 16 heavy (non-hydrogen) atoms. The molecule has 0 spiro atoms. The van der Waals surface area contributed by atoms with Crippen molar-refractivity contribution >= 4 is 25.4 Å². The van der Waals surface area contributed by atoms with Crippen molar-refractivity contribution in [2.75, 3.05) is 7.05 Å². The zero-order chi connectivity index (χ0) is 13.0. The van der Waals surface area contributed by atoms with Gasteiger partial charge in [0.15, 0.2) is 16.6 Å². The van der Waals surface area contributed by atoms with E-state index in [1.54, 1.807) is 0 Å². The highest BCUT2D eigenvalue weighted by molar-refractivity contribution is 6.87. The van der Waals surface area contributed by atoms with E-state index in [1.807, 2.05) is 7.05 Å². The van der Waals surface area contributed by atoms with Gasteiger partial charge in [-0.05, 0) is 52.4 Å². The average molecular weight is 280 g/mol. The second kappa shape index (κ2) is 5.92. The lowest BCUT2D eigenvalue weighted by molar-refractivity contribution is 0.367. The predicted octanol–water partition coefficient (Wildman–Crippen LogP) is 3.26. The lowest BCUT2D eigenvalue weighted by Gasteiger charge is -2.38. The molecular formula is C10H29NO2Si3. The van der Waals surface area contributed by atoms with E-state index >= 15 is 0 Å². The van der Waals surface area contributed by atoms with Crippen molar-refractivity contribution in [3.63, 3.8) is 0 Å². The Balaban J connectivity index is 4.59. The number of rotatable bonds is 7. The van der Waals surface area contributed by atoms with Crippen LogP contribution in [0.1, 0.15) is 13.3 Å². The van der Waals surface area contributed by atoms with Crippen molar-refractivity contribution < 1.29 is 8.23 Å². The summed E-state index contributed by atoms with van der Waals surface area (Å²) in [4.78, 5) is 3.31. The molecule has 1 unspecified atom stereocenters. The molecule has 0 aromatic rings. The molecule has 3 nitrogen and oxygen atoms in total. The largest absolute Gasteiger partial charge is 0.425 e. The summed E-state index contributed by atoms with van der Waals surface area (Å²) >= 11 is 0. The van der Waals surface area contributed by atoms with Gasteiger partial charge in [0, 0.05) is 0 Å². The fourth-order valence-electron chi connectivity index (χ4n) is 1.89. The SMILES string of the molecule is CCC[Si](C)(C)O[Si](C)(NC)O[Si](C)(C)C. The summed E-state index contributed by atoms with van der Waals surface area (Å²) in [6.45, 7) is 15.6. The molecule has 0 radical (unpaired) electrons. The van der Waals surface area contributed by atoms with Gasteiger partial charge in [-0.2, -0.15) is 0 Å². The number of nitrogens with one attached hydrogen (secondary N) is 1. The minimum Gasteiger partial charge on any atom is -0.425 e. The first kappa shape index (κ1) is 16.5. The van der Waals surface area contributed by atoms with Gasteiger partial charge in [-0.1, -0.05) is 13.3 Å². The third-order valence-corrected chi connectivity index (χ3v) is 12.7. The van der Waals surface area contributed by atoms with Gasteiger partial charge in [0.05, 0.1) is 0 Å². The smallest absolute Gasteiger partial charge is 0.400 e. The van der Waals surface area contributed by atoms with Crippen LogP contribution in [-0.4, -0.2) is 32.4 Å². The quantitative estimate of drug-likeness (QED) is 0.726. The maximum absolute atomic E-state index is 6.37. The van der Waals surface area contributed by atoms with Gasteiger partial charge in [0.2, 0.25) is 0 Å². The molecule has 0 aliphatic heterocycles. The summed E-state index contributed by atoms with van der Waals surface area (Å²) in [5.41, 5.74) is 0. The van der Waals surface area contributed by atoms with E-state index in [9.17, 15) is 0 Å². The van der Waals surface area contributed by atoms with Crippen LogP contribution in [0.2, 0.25) is 45.3 Å². The minimum absolute atomic E-state index is 1.19. The highest BCUT2D eigenvalue weighted by atomic mass is 28.5. The summed E-state index contributed by atoms with van der Waals surface area (Å²) in [7, 11) is -3.30. The molecule has 0 fully saturated rings. The van der Waals surface area contributed by atoms with E-state index in [4.69, 9.17) is 8.23 Å². The Morgan fingerprint density at radius 2 is 1.44 bits per heavy atom. The second-order valence-electron chi connectivity index (χ2n) is 6.02. The molecule has 0 aromatic carbocycles. The summed E-state index contributed by atoms with van der Waals surface area (Å²) in [6, 6.07) is 1.20. The first-order valence-corrected chi connectivity index (χ1v) is 15.0. The first-order valence-electron chi connectivity index (χ1n) is 6.13. The summed E-state index contributed by atoms with van der Waals surface area (Å²) < 4.78 is 12.6. The lowest BCUT2D eigenvalue weighted by Crippen LogP contribution is -2.61. The Morgan fingerprint density at radius 3 is 1.75 bits per heavy atom. The van der Waals surface area contributed by atoms with Crippen LogP contribution in [0.15, 0.2) is 0 Å². The molecule has 0 bridgehead atoms. The number of hydrogen-bond donors (Lipinski definition) is 1. The molecule has 0 saturated carbocycles. The van der Waals surface area contributed by atoms with Crippen molar-refractivity contribution in [2.45, 2.75) is 58.7 Å². The normalized spacial score (nSPS) is 17.2. The molecule has 6 heteroatoms. The highest BCUT2D eigenvalue weighted by Gasteiger charge is 2.40. The minimum atomic E-state index is -2.16. The van der Waals surface area contributed by atoms with Gasteiger partial charge in [-0.15, -0.1) is 0 Å². The molecule has 0 aliphatic carbocycles. The Kier molecular flexibility index (Phi) is 6.12. The molecule has 0 saturated heterocycles. The molecule has 0 rings (SSSR count). The fraction of sp³-hybridized carbons (Fsp3) is 1.00. The van der Waals surface area contributed by atoms with Crippen LogP contribution in [0, 0.1) is 0 Å². The lowest BCUT2D eigenvalue weighted by atomic mass is 10.6. The first-order chi connectivity index (χ1) is 7.04. The Labute approximate surface area is 105 Å². The van der Waals surface area contributed by atoms with Crippen molar-refractivity contribution in [3.8, 4) is 0 Å². The molecule has 1 N–H and O–H groups in total. The van der Waals surface area contributed by atoms with E-state index in [0.29, 0.717) is 0 Å². The molecule has 0 aromatic heterocycles. The van der Waals surface area contributed by atoms with E-state index in [1.165, 1.54) is 12.5 Å². The van der Waals surface area contributed by atoms with Gasteiger partial charge in [0.25, 0.3) is 0 Å². The van der Waals surface area contributed by atoms with Gasteiger partial charge in [-0.25, -0.2) is 0 Å². The van der Waals surface area contributed by atoms with Crippen LogP contribution < -0.4 is 4.98 Å². The average Bonchev–Trinajstić information content (AvgIpc) is 1.98. The van der Waals surface area contributed by atoms with Crippen molar-refractivity contribution in [1.82, 2.24) is 4.98 Å². The van der Waals surface area contributed by atoms with E-state index in [-0.39, 0.29) is 0 Å². The van der Waals surface area contributed by atoms with Gasteiger partial charge >= 0.3 is 8.72 Å². The number of hydrogen-bond acceptors (Lipinski definition) is 3. The topological polar surface area (TPSA) is 30.5 Å². The highest BCUT2D eigenvalue weighted by Crippen LogP contribution is 2.21. The van der Waals surface area contributed by atoms with E-state index in [0.717, 1.165) is 0 Å². The summed E-state index contributed by atoms with van der Waals surface area (Å²) in [5.74, 6) is 0. The molecule has 98 valence electrons. The fourth-order valence-corrected chi connectivity index (χ4v) is 13.8. The summed E-state index contributed by atoms with van der Waals surface area (Å²) in [5, 5.41) is 0. The van der Waals surface area contributed by atoms with Gasteiger partial charge in [-0.3, -0.25) is 4.98 Å². The van der Waals surface area contributed by atoms with Crippen LogP contribution in [-0.2, 0) is 8.23 Å². The Morgan fingerprint density at radius 1 is 0.938 bits per heavy atom. The standard InChI is InChI=1S/C10H29NO2Si3/c1-9-10-15(6,7)13-16(8,11-2)12-14(3,4)5/h11H,9-10H2,1-8H3. The maximum atomic E-state index is 6.37. The monoisotopic (exact) mass is 279 g/mol. The van der Waals surface area contributed by atoms with Crippen LogP contribution in [0.3, 0.4) is 0 Å². The molecule has 1 atom stereocenters. The van der Waals surface area contributed by atoms with E-state index < -0.39 is 25.4 Å². The molecule has 0 amide bonds. The zero-order valence-corrected chi connectivity index (χ0v) is 15.2. The van der Waals surface area contributed by atoms with Gasteiger partial charge in [0.1, 0.15) is 0 Å². The summed E-state index contributed by atoms with van der Waals surface area (Å²) in [6.07, 6.45) is 1.19. The van der Waals surface area contributed by atoms with E-state index in [2.05, 4.69) is 51.2 Å². The second-order valence-corrected chi connectivity index (χ2v) is 18.3. The van der Waals surface area contributed by atoms with Crippen molar-refractivity contribution in [1.29, 1.82) is 0 Å². The zero-order valence-electron chi connectivity index (χ0n) is 12.2. The Bertz CT molecular complexity index is 219. The maximum Gasteiger partial charge on any atom is 0.400 e. The third kappa shape index (κ3) is 6.97. The van der Waals surface area contributed by atoms with Crippen LogP contribution in [0.4, 0.5) is 0 Å². The Hall–Kier alpha value is 0.531. The molecular weight excluding hydrogens is 250 g/mol. The van der Waals surface area contributed by atoms with Crippen molar-refractivity contribution in [2.24, 2.45) is 0 Å². The molecule has 0 heterocycles.